The van der Waals surface area contributed by atoms with E-state index in [1.807, 2.05) is 18.2 Å². The molecule has 96 valence electrons. The molecule has 0 amide bonds. The number of hydrogen-bond acceptors (Lipinski definition) is 3. The second-order valence-electron chi connectivity index (χ2n) is 4.18. The zero-order valence-electron chi connectivity index (χ0n) is 10.3. The molecule has 1 unspecified atom stereocenters. The molecule has 17 heavy (non-hydrogen) atoms. The van der Waals surface area contributed by atoms with E-state index in [-0.39, 0.29) is 0 Å². The average molecular weight is 256 g/mol. The third-order valence-corrected chi connectivity index (χ3v) is 3.21. The smallest absolute Gasteiger partial charge is 0.208 e. The summed E-state index contributed by atoms with van der Waals surface area (Å²) >= 11 is 0. The summed E-state index contributed by atoms with van der Waals surface area (Å²) in [5.41, 5.74) is 1.29. The van der Waals surface area contributed by atoms with Crippen LogP contribution in [0.5, 0.6) is 0 Å². The molecule has 1 atom stereocenters. The SMILES string of the molecule is CC(CNCCNS(C)(=O)=O)c1ccccc1. The molecular formula is C12H20N2O2S. The Hall–Kier alpha value is -0.910. The van der Waals surface area contributed by atoms with E-state index in [2.05, 4.69) is 29.1 Å². The van der Waals surface area contributed by atoms with Crippen molar-refractivity contribution in [3.8, 4) is 0 Å². The van der Waals surface area contributed by atoms with E-state index in [1.165, 1.54) is 11.8 Å². The molecule has 0 bridgehead atoms. The Bertz CT molecular complexity index is 417. The lowest BCUT2D eigenvalue weighted by Gasteiger charge is -2.12. The fraction of sp³-hybridized carbons (Fsp3) is 0.500. The molecule has 5 heteroatoms. The monoisotopic (exact) mass is 256 g/mol. The Morgan fingerprint density at radius 2 is 1.82 bits per heavy atom. The quantitative estimate of drug-likeness (QED) is 0.714. The molecule has 0 spiro atoms. The maximum atomic E-state index is 10.8. The number of benzene rings is 1. The van der Waals surface area contributed by atoms with Gasteiger partial charge in [0.25, 0.3) is 0 Å². The summed E-state index contributed by atoms with van der Waals surface area (Å²) in [5.74, 6) is 0.425. The molecule has 0 heterocycles. The summed E-state index contributed by atoms with van der Waals surface area (Å²) < 4.78 is 24.1. The Labute approximate surface area is 103 Å². The lowest BCUT2D eigenvalue weighted by atomic mass is 10.0. The first-order valence-electron chi connectivity index (χ1n) is 5.69. The molecule has 0 radical (unpaired) electrons. The van der Waals surface area contributed by atoms with E-state index in [0.29, 0.717) is 19.0 Å². The van der Waals surface area contributed by atoms with Crippen molar-refractivity contribution in [2.24, 2.45) is 0 Å². The van der Waals surface area contributed by atoms with E-state index >= 15 is 0 Å². The van der Waals surface area contributed by atoms with Crippen LogP contribution in [0.2, 0.25) is 0 Å². The molecular weight excluding hydrogens is 236 g/mol. The number of hydrogen-bond donors (Lipinski definition) is 2. The predicted octanol–water partition coefficient (Wildman–Crippen LogP) is 0.929. The van der Waals surface area contributed by atoms with Crippen molar-refractivity contribution in [3.63, 3.8) is 0 Å². The summed E-state index contributed by atoms with van der Waals surface area (Å²) in [7, 11) is -3.07. The van der Waals surface area contributed by atoms with Crippen LogP contribution in [0.3, 0.4) is 0 Å². The number of rotatable bonds is 7. The van der Waals surface area contributed by atoms with Gasteiger partial charge in [0.05, 0.1) is 6.26 Å². The fourth-order valence-corrected chi connectivity index (χ4v) is 2.02. The van der Waals surface area contributed by atoms with Gasteiger partial charge in [-0.1, -0.05) is 37.3 Å². The molecule has 0 aliphatic rings. The highest BCUT2D eigenvalue weighted by molar-refractivity contribution is 7.88. The van der Waals surface area contributed by atoms with Gasteiger partial charge >= 0.3 is 0 Å². The Balaban J connectivity index is 2.19. The van der Waals surface area contributed by atoms with Crippen molar-refractivity contribution < 1.29 is 8.42 Å². The molecule has 0 fully saturated rings. The highest BCUT2D eigenvalue weighted by Crippen LogP contribution is 2.12. The van der Waals surface area contributed by atoms with Crippen LogP contribution in [0.15, 0.2) is 30.3 Å². The second kappa shape index (κ2) is 6.74. The van der Waals surface area contributed by atoms with Crippen LogP contribution in [0.4, 0.5) is 0 Å². The van der Waals surface area contributed by atoms with Crippen LogP contribution in [0.1, 0.15) is 18.4 Å². The zero-order chi connectivity index (χ0) is 12.7. The highest BCUT2D eigenvalue weighted by Gasteiger charge is 2.04. The van der Waals surface area contributed by atoms with Crippen molar-refractivity contribution in [3.05, 3.63) is 35.9 Å². The largest absolute Gasteiger partial charge is 0.315 e. The van der Waals surface area contributed by atoms with Gasteiger partial charge in [-0.05, 0) is 11.5 Å². The maximum absolute atomic E-state index is 10.8. The van der Waals surface area contributed by atoms with Gasteiger partial charge in [0.15, 0.2) is 0 Å². The minimum Gasteiger partial charge on any atom is -0.315 e. The van der Waals surface area contributed by atoms with E-state index in [0.717, 1.165) is 6.54 Å². The van der Waals surface area contributed by atoms with Crippen LogP contribution < -0.4 is 10.0 Å². The van der Waals surface area contributed by atoms with Gasteiger partial charge in [0, 0.05) is 19.6 Å². The Morgan fingerprint density at radius 1 is 1.18 bits per heavy atom. The number of sulfonamides is 1. The van der Waals surface area contributed by atoms with E-state index in [1.54, 1.807) is 0 Å². The van der Waals surface area contributed by atoms with Gasteiger partial charge in [-0.15, -0.1) is 0 Å². The van der Waals surface area contributed by atoms with E-state index in [9.17, 15) is 8.42 Å². The number of nitrogens with one attached hydrogen (secondary N) is 2. The molecule has 0 saturated carbocycles. The first kappa shape index (κ1) is 14.2. The highest BCUT2D eigenvalue weighted by atomic mass is 32.2. The summed E-state index contributed by atoms with van der Waals surface area (Å²) in [6.07, 6.45) is 1.17. The van der Waals surface area contributed by atoms with Crippen molar-refractivity contribution in [1.29, 1.82) is 0 Å². The summed E-state index contributed by atoms with van der Waals surface area (Å²) in [4.78, 5) is 0. The van der Waals surface area contributed by atoms with Gasteiger partial charge in [0.1, 0.15) is 0 Å². The normalized spacial score (nSPS) is 13.5. The lowest BCUT2D eigenvalue weighted by molar-refractivity contribution is 0.574. The van der Waals surface area contributed by atoms with Crippen LogP contribution in [0, 0.1) is 0 Å². The van der Waals surface area contributed by atoms with Gasteiger partial charge in [-0.3, -0.25) is 0 Å². The molecule has 4 nitrogen and oxygen atoms in total. The molecule has 0 saturated heterocycles. The third kappa shape index (κ3) is 6.41. The van der Waals surface area contributed by atoms with Crippen molar-refractivity contribution in [1.82, 2.24) is 10.0 Å². The molecule has 1 aromatic carbocycles. The van der Waals surface area contributed by atoms with Crippen LogP contribution in [-0.2, 0) is 10.0 Å². The van der Waals surface area contributed by atoms with Crippen LogP contribution >= 0.6 is 0 Å². The van der Waals surface area contributed by atoms with Crippen molar-refractivity contribution >= 4 is 10.0 Å². The Morgan fingerprint density at radius 3 is 2.41 bits per heavy atom. The van der Waals surface area contributed by atoms with Crippen molar-refractivity contribution in [2.45, 2.75) is 12.8 Å². The van der Waals surface area contributed by atoms with Crippen LogP contribution in [-0.4, -0.2) is 34.3 Å². The molecule has 2 N–H and O–H groups in total. The van der Waals surface area contributed by atoms with E-state index in [4.69, 9.17) is 0 Å². The first-order valence-corrected chi connectivity index (χ1v) is 7.58. The molecule has 0 aromatic heterocycles. The summed E-state index contributed by atoms with van der Waals surface area (Å²) in [6, 6.07) is 10.2. The second-order valence-corrected chi connectivity index (χ2v) is 6.02. The lowest BCUT2D eigenvalue weighted by Crippen LogP contribution is -2.32. The van der Waals surface area contributed by atoms with Gasteiger partial charge < -0.3 is 5.32 Å². The van der Waals surface area contributed by atoms with Crippen LogP contribution in [0.25, 0.3) is 0 Å². The topological polar surface area (TPSA) is 58.2 Å². The molecule has 1 aromatic rings. The first-order chi connectivity index (χ1) is 7.99. The molecule has 1 rings (SSSR count). The minimum atomic E-state index is -3.07. The fourth-order valence-electron chi connectivity index (χ4n) is 1.54. The summed E-state index contributed by atoms with van der Waals surface area (Å²) in [6.45, 7) is 4.06. The van der Waals surface area contributed by atoms with Gasteiger partial charge in [-0.2, -0.15) is 0 Å². The van der Waals surface area contributed by atoms with E-state index < -0.39 is 10.0 Å². The third-order valence-electron chi connectivity index (χ3n) is 2.49. The Kier molecular flexibility index (Phi) is 5.61. The molecule has 0 aliphatic carbocycles. The molecule has 0 aliphatic heterocycles. The predicted molar refractivity (Wildman–Crippen MR) is 70.6 cm³/mol. The zero-order valence-corrected chi connectivity index (χ0v) is 11.1. The van der Waals surface area contributed by atoms with Gasteiger partial charge in [0.2, 0.25) is 10.0 Å². The summed E-state index contributed by atoms with van der Waals surface area (Å²) in [5, 5.41) is 3.23. The minimum absolute atomic E-state index is 0.425. The average Bonchev–Trinajstić information content (AvgIpc) is 2.28. The standard InChI is InChI=1S/C12H20N2O2S/c1-11(12-6-4-3-5-7-12)10-13-8-9-14-17(2,15)16/h3-7,11,13-14H,8-10H2,1-2H3. The van der Waals surface area contributed by atoms with Gasteiger partial charge in [-0.25, -0.2) is 13.1 Å². The maximum Gasteiger partial charge on any atom is 0.208 e. The van der Waals surface area contributed by atoms with Crippen molar-refractivity contribution in [2.75, 3.05) is 25.9 Å².